The Balaban J connectivity index is 2.74. The number of carbonyl (C=O) groups is 1. The molecule has 16 heavy (non-hydrogen) atoms. The Kier molecular flexibility index (Phi) is 2.38. The van der Waals surface area contributed by atoms with Crippen molar-refractivity contribution in [3.63, 3.8) is 0 Å². The van der Waals surface area contributed by atoms with Crippen LogP contribution in [0.15, 0.2) is 36.5 Å². The number of hydrogen-bond acceptors (Lipinski definition) is 2. The Morgan fingerprint density at radius 1 is 1.25 bits per heavy atom. The van der Waals surface area contributed by atoms with Gasteiger partial charge in [-0.3, -0.25) is 9.78 Å². The van der Waals surface area contributed by atoms with Gasteiger partial charge in [0.2, 0.25) is 0 Å². The average Bonchev–Trinajstić information content (AvgIpc) is 2.28. The van der Waals surface area contributed by atoms with Gasteiger partial charge in [0.05, 0.1) is 10.9 Å². The maximum Gasteiger partial charge on any atom is 0.313 e. The van der Waals surface area contributed by atoms with Gasteiger partial charge in [-0.25, -0.2) is 0 Å². The van der Waals surface area contributed by atoms with E-state index >= 15 is 0 Å². The van der Waals surface area contributed by atoms with Gasteiger partial charge in [-0.05, 0) is 31.5 Å². The molecule has 3 nitrogen and oxygen atoms in total. The topological polar surface area (TPSA) is 50.2 Å². The van der Waals surface area contributed by atoms with Crippen LogP contribution in [-0.2, 0) is 10.2 Å². The molecule has 0 aliphatic rings. The van der Waals surface area contributed by atoms with E-state index in [2.05, 4.69) is 4.98 Å². The lowest BCUT2D eigenvalue weighted by Gasteiger charge is -2.21. The van der Waals surface area contributed by atoms with Gasteiger partial charge >= 0.3 is 5.97 Å². The molecular formula is C13H13NO2. The third kappa shape index (κ3) is 1.54. The van der Waals surface area contributed by atoms with Crippen LogP contribution in [0.25, 0.3) is 10.9 Å². The molecule has 1 aromatic heterocycles. The molecule has 2 rings (SSSR count). The molecule has 1 aromatic carbocycles. The van der Waals surface area contributed by atoms with Crippen molar-refractivity contribution in [3.05, 3.63) is 42.1 Å². The van der Waals surface area contributed by atoms with Gasteiger partial charge in [0.1, 0.15) is 0 Å². The second-order valence-corrected chi connectivity index (χ2v) is 4.31. The van der Waals surface area contributed by atoms with Crippen molar-refractivity contribution >= 4 is 16.9 Å². The zero-order chi connectivity index (χ0) is 11.8. The third-order valence-corrected chi connectivity index (χ3v) is 2.86. The van der Waals surface area contributed by atoms with Gasteiger partial charge in [-0.15, -0.1) is 0 Å². The quantitative estimate of drug-likeness (QED) is 0.837. The molecule has 1 heterocycles. The zero-order valence-corrected chi connectivity index (χ0v) is 9.27. The highest BCUT2D eigenvalue weighted by molar-refractivity contribution is 5.90. The normalized spacial score (nSPS) is 11.6. The number of hydrogen-bond donors (Lipinski definition) is 1. The molecule has 0 fully saturated rings. The Bertz CT molecular complexity index is 541. The molecule has 0 radical (unpaired) electrons. The summed E-state index contributed by atoms with van der Waals surface area (Å²) in [5, 5.41) is 10.1. The van der Waals surface area contributed by atoms with E-state index in [1.54, 1.807) is 26.1 Å². The smallest absolute Gasteiger partial charge is 0.313 e. The minimum atomic E-state index is -0.900. The van der Waals surface area contributed by atoms with Crippen molar-refractivity contribution < 1.29 is 9.90 Å². The summed E-state index contributed by atoms with van der Waals surface area (Å²) in [7, 11) is 0. The van der Waals surface area contributed by atoms with E-state index in [9.17, 15) is 9.90 Å². The zero-order valence-electron chi connectivity index (χ0n) is 9.27. The monoisotopic (exact) mass is 215 g/mol. The van der Waals surface area contributed by atoms with Crippen molar-refractivity contribution in [1.82, 2.24) is 4.98 Å². The van der Waals surface area contributed by atoms with E-state index in [4.69, 9.17) is 0 Å². The second kappa shape index (κ2) is 3.59. The number of carboxylic acid groups (broad SMARTS) is 1. The van der Waals surface area contributed by atoms with E-state index in [0.29, 0.717) is 0 Å². The number of nitrogens with zero attached hydrogens (tertiary/aromatic N) is 1. The fourth-order valence-corrected chi connectivity index (χ4v) is 1.76. The highest BCUT2D eigenvalue weighted by Crippen LogP contribution is 2.29. The molecule has 2 aromatic rings. The molecule has 0 atom stereocenters. The summed E-state index contributed by atoms with van der Waals surface area (Å²) in [6, 6.07) is 9.36. The van der Waals surface area contributed by atoms with Crippen LogP contribution in [0.2, 0.25) is 0 Å². The maximum atomic E-state index is 11.2. The number of pyridine rings is 1. The molecule has 0 unspecified atom stereocenters. The minimum Gasteiger partial charge on any atom is -0.481 e. The van der Waals surface area contributed by atoms with E-state index in [1.807, 2.05) is 24.3 Å². The molecule has 1 N–H and O–H groups in total. The number of para-hydroxylation sites is 1. The Hall–Kier alpha value is -1.90. The van der Waals surface area contributed by atoms with Crippen LogP contribution in [0.1, 0.15) is 19.4 Å². The lowest BCUT2D eigenvalue weighted by Crippen LogP contribution is -2.28. The molecule has 0 saturated heterocycles. The molecule has 0 saturated carbocycles. The van der Waals surface area contributed by atoms with Crippen LogP contribution >= 0.6 is 0 Å². The van der Waals surface area contributed by atoms with E-state index in [0.717, 1.165) is 16.5 Å². The van der Waals surface area contributed by atoms with Crippen LogP contribution in [0, 0.1) is 0 Å². The van der Waals surface area contributed by atoms with Gasteiger partial charge in [0.25, 0.3) is 0 Å². The number of fused-ring (bicyclic) bond motifs is 1. The van der Waals surface area contributed by atoms with Crippen LogP contribution in [0.4, 0.5) is 0 Å². The van der Waals surface area contributed by atoms with E-state index in [-0.39, 0.29) is 0 Å². The first-order chi connectivity index (χ1) is 7.53. The van der Waals surface area contributed by atoms with Gasteiger partial charge in [0.15, 0.2) is 0 Å². The first kappa shape index (κ1) is 10.6. The van der Waals surface area contributed by atoms with Crippen molar-refractivity contribution in [3.8, 4) is 0 Å². The average molecular weight is 215 g/mol. The molecular weight excluding hydrogens is 202 g/mol. The van der Waals surface area contributed by atoms with E-state index < -0.39 is 11.4 Å². The van der Waals surface area contributed by atoms with Gasteiger partial charge in [-0.2, -0.15) is 0 Å². The Morgan fingerprint density at radius 3 is 2.62 bits per heavy atom. The SMILES string of the molecule is CC(C)(C(=O)O)c1ccnc2ccccc12. The molecule has 3 heteroatoms. The van der Waals surface area contributed by atoms with Gasteiger partial charge in [-0.1, -0.05) is 18.2 Å². The molecule has 0 spiro atoms. The minimum absolute atomic E-state index is 0.797. The number of aliphatic carboxylic acids is 1. The number of rotatable bonds is 2. The highest BCUT2D eigenvalue weighted by Gasteiger charge is 2.30. The Labute approximate surface area is 93.7 Å². The second-order valence-electron chi connectivity index (χ2n) is 4.31. The van der Waals surface area contributed by atoms with Crippen LogP contribution in [0.3, 0.4) is 0 Å². The van der Waals surface area contributed by atoms with Crippen molar-refractivity contribution in [2.24, 2.45) is 0 Å². The first-order valence-electron chi connectivity index (χ1n) is 5.11. The van der Waals surface area contributed by atoms with Crippen LogP contribution in [0.5, 0.6) is 0 Å². The Morgan fingerprint density at radius 2 is 1.94 bits per heavy atom. The predicted molar refractivity (Wildman–Crippen MR) is 62.4 cm³/mol. The summed E-state index contributed by atoms with van der Waals surface area (Å²) in [4.78, 5) is 15.5. The highest BCUT2D eigenvalue weighted by atomic mass is 16.4. The molecule has 82 valence electrons. The summed E-state index contributed by atoms with van der Waals surface area (Å²) in [5.41, 5.74) is 0.725. The lowest BCUT2D eigenvalue weighted by molar-refractivity contribution is -0.142. The largest absolute Gasteiger partial charge is 0.481 e. The summed E-state index contributed by atoms with van der Waals surface area (Å²) in [6.45, 7) is 3.41. The fraction of sp³-hybridized carbons (Fsp3) is 0.231. The number of carboxylic acids is 1. The van der Waals surface area contributed by atoms with Crippen LogP contribution < -0.4 is 0 Å². The lowest BCUT2D eigenvalue weighted by atomic mass is 9.83. The summed E-state index contributed by atoms with van der Waals surface area (Å²) < 4.78 is 0. The standard InChI is InChI=1S/C13H13NO2/c1-13(2,12(15)16)10-7-8-14-11-6-4-3-5-9(10)11/h3-8H,1-2H3,(H,15,16). The van der Waals surface area contributed by atoms with Gasteiger partial charge in [0, 0.05) is 11.6 Å². The van der Waals surface area contributed by atoms with Crippen LogP contribution in [-0.4, -0.2) is 16.1 Å². The number of benzene rings is 1. The van der Waals surface area contributed by atoms with E-state index in [1.165, 1.54) is 0 Å². The fourth-order valence-electron chi connectivity index (χ4n) is 1.76. The van der Waals surface area contributed by atoms with Crippen molar-refractivity contribution in [2.75, 3.05) is 0 Å². The maximum absolute atomic E-state index is 11.2. The van der Waals surface area contributed by atoms with Crippen molar-refractivity contribution in [1.29, 1.82) is 0 Å². The summed E-state index contributed by atoms with van der Waals surface area (Å²) in [6.07, 6.45) is 1.66. The third-order valence-electron chi connectivity index (χ3n) is 2.86. The molecule has 0 aliphatic heterocycles. The summed E-state index contributed by atoms with van der Waals surface area (Å²) in [5.74, 6) is -0.830. The first-order valence-corrected chi connectivity index (χ1v) is 5.11. The van der Waals surface area contributed by atoms with Crippen molar-refractivity contribution in [2.45, 2.75) is 19.3 Å². The summed E-state index contributed by atoms with van der Waals surface area (Å²) >= 11 is 0. The molecule has 0 amide bonds. The number of aromatic nitrogens is 1. The molecule has 0 bridgehead atoms. The predicted octanol–water partition coefficient (Wildman–Crippen LogP) is 2.60. The van der Waals surface area contributed by atoms with Gasteiger partial charge < -0.3 is 5.11 Å². The molecule has 0 aliphatic carbocycles.